The van der Waals surface area contributed by atoms with Crippen LogP contribution in [-0.2, 0) is 5.92 Å². The molecular formula is C30H10F18O2. The van der Waals surface area contributed by atoms with Gasteiger partial charge in [-0.05, 0) is 71.4 Å². The van der Waals surface area contributed by atoms with Crippen molar-refractivity contribution in [3.8, 4) is 0 Å². The molecule has 0 aliphatic rings. The summed E-state index contributed by atoms with van der Waals surface area (Å²) in [6.45, 7) is 0. The van der Waals surface area contributed by atoms with E-state index in [1.807, 2.05) is 0 Å². The zero-order valence-electron chi connectivity index (χ0n) is 23.4. The molecule has 0 saturated carbocycles. The van der Waals surface area contributed by atoms with Crippen LogP contribution in [0.5, 0.6) is 0 Å². The first-order chi connectivity index (χ1) is 22.6. The van der Waals surface area contributed by atoms with Crippen LogP contribution in [-0.4, -0.2) is 41.7 Å². The van der Waals surface area contributed by atoms with Gasteiger partial charge in [-0.15, -0.1) is 0 Å². The van der Waals surface area contributed by atoms with Crippen molar-refractivity contribution in [2.24, 2.45) is 0 Å². The number of benzene rings is 4. The lowest BCUT2D eigenvalue weighted by molar-refractivity contribution is -0.462. The van der Waals surface area contributed by atoms with Gasteiger partial charge in [-0.3, -0.25) is 0 Å². The van der Waals surface area contributed by atoms with Gasteiger partial charge in [-0.25, -0.2) is 4.39 Å². The van der Waals surface area contributed by atoms with Crippen LogP contribution in [0.2, 0.25) is 0 Å². The number of halogens is 18. The topological polar surface area (TPSA) is 26.3 Å². The molecule has 0 spiro atoms. The van der Waals surface area contributed by atoms with Crippen molar-refractivity contribution in [1.82, 2.24) is 0 Å². The second kappa shape index (κ2) is 10.0. The van der Waals surface area contributed by atoms with Gasteiger partial charge in [-0.2, -0.15) is 74.6 Å². The summed E-state index contributed by atoms with van der Waals surface area (Å²) < 4.78 is 261. The van der Waals surface area contributed by atoms with E-state index in [2.05, 4.69) is 0 Å². The molecule has 0 atom stereocenters. The van der Waals surface area contributed by atoms with Crippen molar-refractivity contribution in [3.05, 3.63) is 72.0 Å². The maximum Gasteiger partial charge on any atom is 0.460 e. The second-order valence-electron chi connectivity index (χ2n) is 11.0. The Bertz CT molecular complexity index is 2330. The zero-order valence-corrected chi connectivity index (χ0v) is 23.4. The van der Waals surface area contributed by atoms with E-state index in [1.54, 1.807) is 0 Å². The molecule has 0 N–H and O–H groups in total. The predicted molar refractivity (Wildman–Crippen MR) is 138 cm³/mol. The summed E-state index contributed by atoms with van der Waals surface area (Å²) in [5.41, 5.74) is -2.66. The molecule has 0 aliphatic carbocycles. The SMILES string of the molecule is Fc1ccc2oc3ccc4c(ccc5oc6ccc(C(F)(F)C(F)(F)C(F)(F)C(F)(F)C(F)(F)C(F)(F)C(F)(F)C(F)(F)F)cc6c54)c3c2c1. The molecule has 0 aliphatic heterocycles. The van der Waals surface area contributed by atoms with E-state index in [0.717, 1.165) is 12.1 Å². The van der Waals surface area contributed by atoms with E-state index >= 15 is 8.78 Å². The predicted octanol–water partition coefficient (Wildman–Crippen LogP) is 12.2. The molecule has 4 aromatic carbocycles. The third-order valence-corrected chi connectivity index (χ3v) is 8.11. The molecule has 2 nitrogen and oxygen atoms in total. The van der Waals surface area contributed by atoms with Gasteiger partial charge in [0.2, 0.25) is 0 Å². The fourth-order valence-electron chi connectivity index (χ4n) is 5.47. The molecule has 2 heterocycles. The average Bonchev–Trinajstić information content (AvgIpc) is 3.57. The fourth-order valence-corrected chi connectivity index (χ4v) is 5.47. The summed E-state index contributed by atoms with van der Waals surface area (Å²) in [4.78, 5) is 0. The molecule has 268 valence electrons. The van der Waals surface area contributed by atoms with Crippen LogP contribution in [0.15, 0.2) is 69.5 Å². The molecule has 20 heteroatoms. The van der Waals surface area contributed by atoms with Gasteiger partial charge in [0, 0.05) is 27.1 Å². The van der Waals surface area contributed by atoms with Gasteiger partial charge in [0.05, 0.1) is 0 Å². The van der Waals surface area contributed by atoms with Gasteiger partial charge >= 0.3 is 47.6 Å². The number of fused-ring (bicyclic) bond motifs is 9. The molecule has 0 radical (unpaired) electrons. The number of alkyl halides is 17. The van der Waals surface area contributed by atoms with Crippen molar-refractivity contribution in [3.63, 3.8) is 0 Å². The van der Waals surface area contributed by atoms with Crippen LogP contribution < -0.4 is 0 Å². The Labute approximate surface area is 262 Å². The van der Waals surface area contributed by atoms with Crippen LogP contribution in [0.1, 0.15) is 5.56 Å². The summed E-state index contributed by atoms with van der Waals surface area (Å²) >= 11 is 0. The Morgan fingerprint density at radius 2 is 0.740 bits per heavy atom. The van der Waals surface area contributed by atoms with Crippen molar-refractivity contribution in [1.29, 1.82) is 0 Å². The Morgan fingerprint density at radius 1 is 0.360 bits per heavy atom. The maximum atomic E-state index is 15.2. The van der Waals surface area contributed by atoms with E-state index in [0.29, 0.717) is 6.07 Å². The van der Waals surface area contributed by atoms with Gasteiger partial charge in [0.25, 0.3) is 0 Å². The average molecular weight is 744 g/mol. The lowest BCUT2D eigenvalue weighted by atomic mass is 9.87. The largest absolute Gasteiger partial charge is 0.460 e. The molecule has 6 rings (SSSR count). The zero-order chi connectivity index (χ0) is 37.4. The molecular weight excluding hydrogens is 734 g/mol. The summed E-state index contributed by atoms with van der Waals surface area (Å²) in [5.74, 6) is -58.0. The lowest BCUT2D eigenvalue weighted by Gasteiger charge is -2.42. The summed E-state index contributed by atoms with van der Waals surface area (Å²) in [7, 11) is 0. The molecule has 0 bridgehead atoms. The highest BCUT2D eigenvalue weighted by Crippen LogP contribution is 2.65. The lowest BCUT2D eigenvalue weighted by Crippen LogP contribution is -2.74. The van der Waals surface area contributed by atoms with Crippen molar-refractivity contribution in [2.75, 3.05) is 0 Å². The third kappa shape index (κ3) is 4.21. The molecule has 0 saturated heterocycles. The number of rotatable bonds is 7. The summed E-state index contributed by atoms with van der Waals surface area (Å²) in [6.07, 6.45) is -7.84. The van der Waals surface area contributed by atoms with E-state index in [4.69, 9.17) is 8.83 Å². The van der Waals surface area contributed by atoms with Crippen LogP contribution in [0.3, 0.4) is 0 Å². The first-order valence-corrected chi connectivity index (χ1v) is 13.3. The molecule has 50 heavy (non-hydrogen) atoms. The second-order valence-corrected chi connectivity index (χ2v) is 11.0. The quantitative estimate of drug-likeness (QED) is 0.152. The third-order valence-electron chi connectivity index (χ3n) is 8.11. The Hall–Kier alpha value is -4.52. The monoisotopic (exact) mass is 744 g/mol. The highest BCUT2D eigenvalue weighted by atomic mass is 19.4. The first-order valence-electron chi connectivity index (χ1n) is 13.3. The molecule has 6 aromatic rings. The highest BCUT2D eigenvalue weighted by Gasteiger charge is 2.95. The van der Waals surface area contributed by atoms with Gasteiger partial charge in [0.15, 0.2) is 0 Å². The normalized spacial score (nSPS) is 15.0. The van der Waals surface area contributed by atoms with Crippen LogP contribution >= 0.6 is 0 Å². The minimum Gasteiger partial charge on any atom is -0.456 e. The Morgan fingerprint density at radius 3 is 1.20 bits per heavy atom. The summed E-state index contributed by atoms with van der Waals surface area (Å²) in [6, 6.07) is 8.83. The van der Waals surface area contributed by atoms with Gasteiger partial charge < -0.3 is 8.83 Å². The van der Waals surface area contributed by atoms with Crippen LogP contribution in [0.25, 0.3) is 54.6 Å². The smallest absolute Gasteiger partial charge is 0.456 e. The van der Waals surface area contributed by atoms with Crippen molar-refractivity contribution >= 4 is 54.6 Å². The van der Waals surface area contributed by atoms with Gasteiger partial charge in [-0.1, -0.05) is 0 Å². The van der Waals surface area contributed by atoms with Crippen molar-refractivity contribution in [2.45, 2.75) is 47.6 Å². The van der Waals surface area contributed by atoms with E-state index in [9.17, 15) is 70.2 Å². The molecule has 0 amide bonds. The fraction of sp³-hybridized carbons (Fsp3) is 0.267. The number of hydrogen-bond donors (Lipinski definition) is 0. The molecule has 0 fully saturated rings. The van der Waals surface area contributed by atoms with E-state index < -0.39 is 70.0 Å². The minimum absolute atomic E-state index is 0.0371. The Kier molecular flexibility index (Phi) is 7.10. The first kappa shape index (κ1) is 35.3. The van der Waals surface area contributed by atoms with E-state index in [-0.39, 0.29) is 55.8 Å². The van der Waals surface area contributed by atoms with Crippen LogP contribution in [0, 0.1) is 5.82 Å². The van der Waals surface area contributed by atoms with Crippen LogP contribution in [0.4, 0.5) is 79.0 Å². The Balaban J connectivity index is 1.51. The summed E-state index contributed by atoms with van der Waals surface area (Å²) in [5, 5.41) is -0.204. The van der Waals surface area contributed by atoms with Crippen molar-refractivity contribution < 1.29 is 87.9 Å². The standard InChI is InChI=1S/C30H10F18O2/c31-12-2-6-18-16(10-12)22-14-4-7-19-21(13(14)3-8-20(22)50-18)15-9-11(1-5-17(15)49-19)23(32,33)24(34,35)25(36,37)26(38,39)27(40,41)28(42,43)29(44,45)30(46,47)48/h1-10H. The maximum absolute atomic E-state index is 15.2. The number of hydrogen-bond acceptors (Lipinski definition) is 2. The highest BCUT2D eigenvalue weighted by molar-refractivity contribution is 6.27. The van der Waals surface area contributed by atoms with E-state index in [1.165, 1.54) is 30.3 Å². The molecule has 0 unspecified atom stereocenters. The van der Waals surface area contributed by atoms with Gasteiger partial charge in [0.1, 0.15) is 28.1 Å². The molecule has 2 aromatic heterocycles. The number of furan rings is 2. The minimum atomic E-state index is -8.73.